The highest BCUT2D eigenvalue weighted by Crippen LogP contribution is 2.26. The summed E-state index contributed by atoms with van der Waals surface area (Å²) in [5, 5.41) is 7.34. The summed E-state index contributed by atoms with van der Waals surface area (Å²) in [5.41, 5.74) is 0.908. The monoisotopic (exact) mass is 179 g/mol. The molecule has 0 fully saturated rings. The van der Waals surface area contributed by atoms with Crippen molar-refractivity contribution in [3.63, 3.8) is 0 Å². The van der Waals surface area contributed by atoms with Crippen LogP contribution in [0.4, 0.5) is 0 Å². The number of hydrogen-bond donors (Lipinski definition) is 0. The maximum atomic E-state index is 5.45. The Morgan fingerprint density at radius 3 is 2.77 bits per heavy atom. The molecule has 0 N–H and O–H groups in total. The molecule has 4 nitrogen and oxygen atoms in total. The molecule has 0 spiro atoms. The summed E-state index contributed by atoms with van der Waals surface area (Å²) in [5.74, 6) is 0. The van der Waals surface area contributed by atoms with Crippen LogP contribution >= 0.6 is 0 Å². The third-order valence-electron chi connectivity index (χ3n) is 1.82. The standard InChI is InChI=1S/C9H13N3O/c1-9(2,3)11-7-8-5-4-6-10-12(8)13-11/h4-7H,1-3H3. The Kier molecular flexibility index (Phi) is 1.66. The molecule has 2 aliphatic heterocycles. The minimum absolute atomic E-state index is 0.0479. The van der Waals surface area contributed by atoms with E-state index in [4.69, 9.17) is 4.94 Å². The van der Waals surface area contributed by atoms with E-state index in [0.29, 0.717) is 0 Å². The molecule has 0 aromatic rings. The van der Waals surface area contributed by atoms with Gasteiger partial charge in [-0.3, -0.25) is 0 Å². The van der Waals surface area contributed by atoms with Gasteiger partial charge in [-0.2, -0.15) is 5.10 Å². The van der Waals surface area contributed by atoms with Crippen molar-refractivity contribution < 1.29 is 4.94 Å². The Balaban J connectivity index is 2.21. The van der Waals surface area contributed by atoms with Crippen LogP contribution in [-0.2, 0) is 4.94 Å². The average molecular weight is 179 g/mol. The van der Waals surface area contributed by atoms with E-state index in [1.165, 1.54) is 5.17 Å². The highest BCUT2D eigenvalue weighted by atomic mass is 16.9. The van der Waals surface area contributed by atoms with E-state index >= 15 is 0 Å². The van der Waals surface area contributed by atoms with Crippen LogP contribution in [-0.4, -0.2) is 22.0 Å². The second-order valence-electron chi connectivity index (χ2n) is 4.03. The molecule has 2 aliphatic rings. The molecule has 70 valence electrons. The third kappa shape index (κ3) is 1.45. The lowest BCUT2D eigenvalue weighted by molar-refractivity contribution is -0.291. The van der Waals surface area contributed by atoms with Crippen LogP contribution < -0.4 is 0 Å². The van der Waals surface area contributed by atoms with Crippen LogP contribution in [0, 0.1) is 0 Å². The van der Waals surface area contributed by atoms with Gasteiger partial charge in [0, 0.05) is 0 Å². The van der Waals surface area contributed by atoms with Gasteiger partial charge >= 0.3 is 0 Å². The van der Waals surface area contributed by atoms with Crippen molar-refractivity contribution in [2.45, 2.75) is 26.3 Å². The SMILES string of the molecule is CC(C)(C)N1C=C2C=CC=NN2O1. The van der Waals surface area contributed by atoms with Crippen molar-refractivity contribution in [3.8, 4) is 0 Å². The first-order valence-electron chi connectivity index (χ1n) is 4.27. The summed E-state index contributed by atoms with van der Waals surface area (Å²) in [6.45, 7) is 6.24. The van der Waals surface area contributed by atoms with Crippen LogP contribution in [0.1, 0.15) is 20.8 Å². The Morgan fingerprint density at radius 1 is 1.38 bits per heavy atom. The molecule has 0 bridgehead atoms. The van der Waals surface area contributed by atoms with Crippen molar-refractivity contribution in [1.29, 1.82) is 0 Å². The van der Waals surface area contributed by atoms with E-state index < -0.39 is 0 Å². The van der Waals surface area contributed by atoms with Gasteiger partial charge in [-0.1, -0.05) is 0 Å². The molecule has 2 rings (SSSR count). The second kappa shape index (κ2) is 2.60. The fourth-order valence-corrected chi connectivity index (χ4v) is 1.07. The molecular formula is C9H13N3O. The van der Waals surface area contributed by atoms with E-state index in [2.05, 4.69) is 25.9 Å². The van der Waals surface area contributed by atoms with Gasteiger partial charge in [-0.25, -0.2) is 5.06 Å². The predicted octanol–water partition coefficient (Wildman–Crippen LogP) is 1.65. The number of hydroxylamine groups is 3. The molecule has 4 heteroatoms. The number of nitrogens with zero attached hydrogens (tertiary/aromatic N) is 3. The smallest absolute Gasteiger partial charge is 0.111 e. The number of rotatable bonds is 0. The minimum atomic E-state index is -0.0479. The molecule has 0 amide bonds. The molecule has 0 aromatic carbocycles. The quantitative estimate of drug-likeness (QED) is 0.566. The van der Waals surface area contributed by atoms with Gasteiger partial charge in [-0.15, -0.1) is 10.1 Å². The number of allylic oxidation sites excluding steroid dienone is 2. The summed E-state index contributed by atoms with van der Waals surface area (Å²) < 4.78 is 0. The van der Waals surface area contributed by atoms with Crippen molar-refractivity contribution >= 4 is 6.21 Å². The van der Waals surface area contributed by atoms with Crippen molar-refractivity contribution in [1.82, 2.24) is 10.2 Å². The zero-order chi connectivity index (χ0) is 9.47. The van der Waals surface area contributed by atoms with E-state index in [1.807, 2.05) is 18.4 Å². The highest BCUT2D eigenvalue weighted by Gasteiger charge is 2.29. The lowest BCUT2D eigenvalue weighted by atomic mass is 10.1. The normalized spacial score (nSPS) is 20.7. The lowest BCUT2D eigenvalue weighted by Crippen LogP contribution is -2.36. The van der Waals surface area contributed by atoms with E-state index in [9.17, 15) is 0 Å². The van der Waals surface area contributed by atoms with Gasteiger partial charge < -0.3 is 0 Å². The van der Waals surface area contributed by atoms with Crippen LogP contribution in [0.5, 0.6) is 0 Å². The molecule has 0 radical (unpaired) electrons. The van der Waals surface area contributed by atoms with Crippen LogP contribution in [0.3, 0.4) is 0 Å². The minimum Gasteiger partial charge on any atom is -0.227 e. The summed E-state index contributed by atoms with van der Waals surface area (Å²) in [4.78, 5) is 5.45. The molecule has 0 atom stereocenters. The van der Waals surface area contributed by atoms with Gasteiger partial charge in [0.2, 0.25) is 0 Å². The first-order chi connectivity index (χ1) is 6.07. The van der Waals surface area contributed by atoms with E-state index in [0.717, 1.165) is 5.70 Å². The van der Waals surface area contributed by atoms with E-state index in [1.54, 1.807) is 11.3 Å². The van der Waals surface area contributed by atoms with Gasteiger partial charge in [0.1, 0.15) is 5.70 Å². The number of fused-ring (bicyclic) bond motifs is 1. The van der Waals surface area contributed by atoms with Gasteiger partial charge in [0.05, 0.1) is 18.0 Å². The summed E-state index contributed by atoms with van der Waals surface area (Å²) in [6.07, 6.45) is 7.48. The molecular weight excluding hydrogens is 166 g/mol. The highest BCUT2D eigenvalue weighted by molar-refractivity contribution is 5.72. The maximum Gasteiger partial charge on any atom is 0.111 e. The van der Waals surface area contributed by atoms with Crippen LogP contribution in [0.25, 0.3) is 0 Å². The topological polar surface area (TPSA) is 28.1 Å². The first kappa shape index (κ1) is 8.31. The van der Waals surface area contributed by atoms with Crippen molar-refractivity contribution in [3.05, 3.63) is 24.0 Å². The fraction of sp³-hybridized carbons (Fsp3) is 0.444. The van der Waals surface area contributed by atoms with Gasteiger partial charge in [-0.05, 0) is 32.9 Å². The van der Waals surface area contributed by atoms with Crippen molar-refractivity contribution in [2.24, 2.45) is 5.10 Å². The average Bonchev–Trinajstić information content (AvgIpc) is 2.45. The number of hydrazone groups is 1. The molecule has 0 saturated heterocycles. The summed E-state index contributed by atoms with van der Waals surface area (Å²) >= 11 is 0. The Morgan fingerprint density at radius 2 is 2.15 bits per heavy atom. The molecule has 0 aromatic heterocycles. The lowest BCUT2D eigenvalue weighted by Gasteiger charge is -2.29. The Labute approximate surface area is 77.7 Å². The molecule has 0 aliphatic carbocycles. The van der Waals surface area contributed by atoms with Crippen LogP contribution in [0.15, 0.2) is 29.2 Å². The summed E-state index contributed by atoms with van der Waals surface area (Å²) in [6, 6.07) is 0. The fourth-order valence-electron chi connectivity index (χ4n) is 1.07. The second-order valence-corrected chi connectivity index (χ2v) is 4.03. The maximum absolute atomic E-state index is 5.45. The van der Waals surface area contributed by atoms with Crippen molar-refractivity contribution in [2.75, 3.05) is 0 Å². The van der Waals surface area contributed by atoms with Gasteiger partial charge in [0.15, 0.2) is 0 Å². The van der Waals surface area contributed by atoms with E-state index in [-0.39, 0.29) is 5.54 Å². The molecule has 13 heavy (non-hydrogen) atoms. The molecule has 0 saturated carbocycles. The summed E-state index contributed by atoms with van der Waals surface area (Å²) in [7, 11) is 0. The predicted molar refractivity (Wildman–Crippen MR) is 50.2 cm³/mol. The van der Waals surface area contributed by atoms with Crippen LogP contribution in [0.2, 0.25) is 0 Å². The molecule has 0 unspecified atom stereocenters. The number of hydrogen-bond acceptors (Lipinski definition) is 4. The largest absolute Gasteiger partial charge is 0.227 e. The zero-order valence-corrected chi connectivity index (χ0v) is 8.06. The Bertz CT molecular complexity index is 298. The third-order valence-corrected chi connectivity index (χ3v) is 1.82. The first-order valence-corrected chi connectivity index (χ1v) is 4.27. The Hall–Kier alpha value is -1.29. The molecule has 2 heterocycles. The van der Waals surface area contributed by atoms with Gasteiger partial charge in [0.25, 0.3) is 0 Å². The zero-order valence-electron chi connectivity index (χ0n) is 8.06.